The van der Waals surface area contributed by atoms with Gasteiger partial charge in [0.15, 0.2) is 0 Å². The lowest BCUT2D eigenvalue weighted by atomic mass is 9.80. The molecule has 1 saturated heterocycles. The molecule has 1 heterocycles. The summed E-state index contributed by atoms with van der Waals surface area (Å²) in [5.74, 6) is -1.72. The highest BCUT2D eigenvalue weighted by Crippen LogP contribution is 2.33. The van der Waals surface area contributed by atoms with Crippen LogP contribution < -0.4 is 0 Å². The first-order valence-corrected chi connectivity index (χ1v) is 5.85. The molecule has 2 rings (SSSR count). The van der Waals surface area contributed by atoms with Crippen molar-refractivity contribution in [3.8, 4) is 0 Å². The molecule has 1 amide bonds. The van der Waals surface area contributed by atoms with E-state index in [9.17, 15) is 14.7 Å². The number of hydrogen-bond donors (Lipinski definition) is 2. The van der Waals surface area contributed by atoms with Crippen LogP contribution in [0.1, 0.15) is 17.9 Å². The summed E-state index contributed by atoms with van der Waals surface area (Å²) >= 11 is 0. The minimum absolute atomic E-state index is 0.0597. The summed E-state index contributed by atoms with van der Waals surface area (Å²) in [6.45, 7) is 0.447. The average Bonchev–Trinajstić information content (AvgIpc) is 2.39. The zero-order valence-corrected chi connectivity index (χ0v) is 9.82. The van der Waals surface area contributed by atoms with Gasteiger partial charge in [-0.15, -0.1) is 0 Å². The largest absolute Gasteiger partial charge is 0.481 e. The first kappa shape index (κ1) is 12.4. The van der Waals surface area contributed by atoms with Crippen LogP contribution in [0.15, 0.2) is 30.3 Å². The summed E-state index contributed by atoms with van der Waals surface area (Å²) in [6.07, 6.45) is -0.499. The molecule has 96 valence electrons. The fourth-order valence-corrected chi connectivity index (χ4v) is 2.48. The Labute approximate surface area is 105 Å². The fourth-order valence-electron chi connectivity index (χ4n) is 2.48. The molecule has 1 aliphatic heterocycles. The van der Waals surface area contributed by atoms with Gasteiger partial charge in [0.2, 0.25) is 0 Å². The van der Waals surface area contributed by atoms with Crippen molar-refractivity contribution in [3.05, 3.63) is 35.9 Å². The minimum atomic E-state index is -1.05. The van der Waals surface area contributed by atoms with Crippen molar-refractivity contribution in [1.82, 2.24) is 4.90 Å². The molecule has 18 heavy (non-hydrogen) atoms. The number of amides is 1. The molecule has 0 spiro atoms. The molecule has 0 saturated carbocycles. The minimum Gasteiger partial charge on any atom is -0.481 e. The van der Waals surface area contributed by atoms with Gasteiger partial charge in [0.05, 0.1) is 5.92 Å². The number of piperidine rings is 1. The first-order valence-electron chi connectivity index (χ1n) is 5.85. The maximum Gasteiger partial charge on any atom is 0.407 e. The first-order chi connectivity index (χ1) is 8.59. The summed E-state index contributed by atoms with van der Waals surface area (Å²) in [5.41, 5.74) is 0.968. The summed E-state index contributed by atoms with van der Waals surface area (Å²) in [7, 11) is 0. The molecular weight excluding hydrogens is 234 g/mol. The number of aliphatic carboxylic acids is 1. The Bertz CT molecular complexity index is 446. The Morgan fingerprint density at radius 1 is 1.17 bits per heavy atom. The third-order valence-corrected chi connectivity index (χ3v) is 3.43. The van der Waals surface area contributed by atoms with Crippen molar-refractivity contribution in [1.29, 1.82) is 0 Å². The molecular formula is C13H15NO4. The average molecular weight is 249 g/mol. The van der Waals surface area contributed by atoms with Crippen molar-refractivity contribution in [3.63, 3.8) is 0 Å². The van der Waals surface area contributed by atoms with Gasteiger partial charge in [-0.05, 0) is 12.0 Å². The van der Waals surface area contributed by atoms with Crippen LogP contribution in [0.5, 0.6) is 0 Å². The summed E-state index contributed by atoms with van der Waals surface area (Å²) in [6, 6.07) is 9.43. The maximum absolute atomic E-state index is 11.3. The number of hydrogen-bond acceptors (Lipinski definition) is 2. The molecule has 1 aromatic carbocycles. The SMILES string of the molecule is O=C(O)[C@@H]1CN(C(=O)O)CC[C@@H]1c1ccccc1. The monoisotopic (exact) mass is 249 g/mol. The molecule has 0 unspecified atom stereocenters. The highest BCUT2D eigenvalue weighted by molar-refractivity contribution is 5.74. The van der Waals surface area contributed by atoms with E-state index in [1.165, 1.54) is 4.90 Å². The zero-order valence-electron chi connectivity index (χ0n) is 9.82. The standard InChI is InChI=1S/C13H15NO4/c15-12(16)11-8-14(13(17)18)7-6-10(11)9-4-2-1-3-5-9/h1-5,10-11H,6-8H2,(H,15,16)(H,17,18)/t10-,11-/m1/s1. The highest BCUT2D eigenvalue weighted by atomic mass is 16.4. The van der Waals surface area contributed by atoms with Crippen molar-refractivity contribution >= 4 is 12.1 Å². The van der Waals surface area contributed by atoms with E-state index in [0.717, 1.165) is 5.56 Å². The zero-order chi connectivity index (χ0) is 13.1. The third kappa shape index (κ3) is 2.45. The van der Waals surface area contributed by atoms with Gasteiger partial charge < -0.3 is 15.1 Å². The molecule has 0 aromatic heterocycles. The molecule has 1 aromatic rings. The van der Waals surface area contributed by atoms with Crippen LogP contribution in [-0.2, 0) is 4.79 Å². The molecule has 0 aliphatic carbocycles. The Morgan fingerprint density at radius 3 is 2.39 bits per heavy atom. The molecule has 1 fully saturated rings. The van der Waals surface area contributed by atoms with Crippen molar-refractivity contribution < 1.29 is 19.8 Å². The lowest BCUT2D eigenvalue weighted by Crippen LogP contribution is -2.45. The van der Waals surface area contributed by atoms with Gasteiger partial charge in [0.1, 0.15) is 0 Å². The van der Waals surface area contributed by atoms with E-state index < -0.39 is 18.0 Å². The van der Waals surface area contributed by atoms with Crippen LogP contribution in [-0.4, -0.2) is 40.3 Å². The number of carboxylic acid groups (broad SMARTS) is 2. The van der Waals surface area contributed by atoms with E-state index in [1.807, 2.05) is 30.3 Å². The molecule has 1 aliphatic rings. The van der Waals surface area contributed by atoms with Gasteiger partial charge in [-0.1, -0.05) is 30.3 Å². The second kappa shape index (κ2) is 5.08. The Balaban J connectivity index is 2.21. The molecule has 5 nitrogen and oxygen atoms in total. The number of carboxylic acids is 1. The van der Waals surface area contributed by atoms with Gasteiger partial charge in [0.25, 0.3) is 0 Å². The lowest BCUT2D eigenvalue weighted by Gasteiger charge is -2.35. The van der Waals surface area contributed by atoms with E-state index in [-0.39, 0.29) is 12.5 Å². The normalized spacial score (nSPS) is 23.7. The summed E-state index contributed by atoms with van der Waals surface area (Å²) < 4.78 is 0. The van der Waals surface area contributed by atoms with E-state index >= 15 is 0 Å². The number of benzene rings is 1. The van der Waals surface area contributed by atoms with E-state index in [4.69, 9.17) is 5.11 Å². The lowest BCUT2D eigenvalue weighted by molar-refractivity contribution is -0.144. The van der Waals surface area contributed by atoms with Gasteiger partial charge in [0, 0.05) is 19.0 Å². The van der Waals surface area contributed by atoms with Crippen LogP contribution in [0.25, 0.3) is 0 Å². The van der Waals surface area contributed by atoms with Crippen molar-refractivity contribution in [2.75, 3.05) is 13.1 Å². The van der Waals surface area contributed by atoms with Crippen LogP contribution in [0.4, 0.5) is 4.79 Å². The van der Waals surface area contributed by atoms with Gasteiger partial charge in [-0.3, -0.25) is 4.79 Å². The van der Waals surface area contributed by atoms with Gasteiger partial charge >= 0.3 is 12.1 Å². The topological polar surface area (TPSA) is 77.8 Å². The van der Waals surface area contributed by atoms with E-state index in [1.54, 1.807) is 0 Å². The third-order valence-electron chi connectivity index (χ3n) is 3.43. The number of carbonyl (C=O) groups is 2. The van der Waals surface area contributed by atoms with E-state index in [0.29, 0.717) is 13.0 Å². The summed E-state index contributed by atoms with van der Waals surface area (Å²) in [5, 5.41) is 18.2. The van der Waals surface area contributed by atoms with Crippen LogP contribution in [0, 0.1) is 5.92 Å². The molecule has 2 atom stereocenters. The highest BCUT2D eigenvalue weighted by Gasteiger charge is 2.36. The molecule has 5 heteroatoms. The number of likely N-dealkylation sites (tertiary alicyclic amines) is 1. The number of rotatable bonds is 2. The fraction of sp³-hybridized carbons (Fsp3) is 0.385. The van der Waals surface area contributed by atoms with Gasteiger partial charge in [-0.2, -0.15) is 0 Å². The van der Waals surface area contributed by atoms with Gasteiger partial charge in [-0.25, -0.2) is 4.79 Å². The summed E-state index contributed by atoms with van der Waals surface area (Å²) in [4.78, 5) is 23.4. The predicted octanol–water partition coefficient (Wildman–Crippen LogP) is 1.85. The van der Waals surface area contributed by atoms with Crippen molar-refractivity contribution in [2.24, 2.45) is 5.92 Å². The number of nitrogens with zero attached hydrogens (tertiary/aromatic N) is 1. The molecule has 0 radical (unpaired) electrons. The van der Waals surface area contributed by atoms with Crippen LogP contribution in [0.3, 0.4) is 0 Å². The van der Waals surface area contributed by atoms with Crippen LogP contribution in [0.2, 0.25) is 0 Å². The Kier molecular flexibility index (Phi) is 3.50. The molecule has 0 bridgehead atoms. The smallest absolute Gasteiger partial charge is 0.407 e. The Morgan fingerprint density at radius 2 is 1.83 bits per heavy atom. The Hall–Kier alpha value is -2.04. The molecule has 2 N–H and O–H groups in total. The quantitative estimate of drug-likeness (QED) is 0.838. The van der Waals surface area contributed by atoms with Crippen molar-refractivity contribution in [2.45, 2.75) is 12.3 Å². The van der Waals surface area contributed by atoms with E-state index in [2.05, 4.69) is 0 Å². The maximum atomic E-state index is 11.3. The second-order valence-electron chi connectivity index (χ2n) is 4.48. The predicted molar refractivity (Wildman–Crippen MR) is 64.5 cm³/mol. The second-order valence-corrected chi connectivity index (χ2v) is 4.48. The van der Waals surface area contributed by atoms with Crippen LogP contribution >= 0.6 is 0 Å².